The molecular weight excluding hydrogens is 440 g/mol. The number of phenols is 1. The van der Waals surface area contributed by atoms with Crippen molar-refractivity contribution in [3.05, 3.63) is 50.6 Å². The van der Waals surface area contributed by atoms with Gasteiger partial charge in [0, 0.05) is 17.9 Å². The van der Waals surface area contributed by atoms with Crippen LogP contribution in [0.2, 0.25) is 0 Å². The van der Waals surface area contributed by atoms with E-state index in [0.717, 1.165) is 31.0 Å². The van der Waals surface area contributed by atoms with E-state index in [1.54, 1.807) is 0 Å². The third-order valence-corrected chi connectivity index (χ3v) is 7.35. The molecule has 0 aromatic heterocycles. The maximum absolute atomic E-state index is 13.7. The molecule has 0 amide bonds. The lowest BCUT2D eigenvalue weighted by molar-refractivity contribution is -0.129. The summed E-state index contributed by atoms with van der Waals surface area (Å²) in [6, 6.07) is 3.27. The Morgan fingerprint density at radius 3 is 2.50 bits per heavy atom. The highest BCUT2D eigenvalue weighted by molar-refractivity contribution is 6.23. The molecular formula is C25H28N2O7. The van der Waals surface area contributed by atoms with E-state index in [-0.39, 0.29) is 29.7 Å². The fourth-order valence-electron chi connectivity index (χ4n) is 5.77. The van der Waals surface area contributed by atoms with Gasteiger partial charge in [-0.25, -0.2) is 0 Å². The number of Topliss-reactive ketones (excluding diaryl/α,β-unsaturated/α-hetero) is 3. The number of rotatable bonds is 6. The predicted octanol–water partition coefficient (Wildman–Crippen LogP) is 2.80. The smallest absolute Gasteiger partial charge is 0.225 e. The molecule has 34 heavy (non-hydrogen) atoms. The average Bonchev–Trinajstić information content (AvgIpc) is 2.74. The summed E-state index contributed by atoms with van der Waals surface area (Å²) in [6.07, 6.45) is 1.76. The van der Waals surface area contributed by atoms with Gasteiger partial charge in [-0.3, -0.25) is 14.4 Å². The van der Waals surface area contributed by atoms with Crippen LogP contribution in [0.25, 0.3) is 5.76 Å². The topological polar surface area (TPSA) is 145 Å². The molecule has 9 nitrogen and oxygen atoms in total. The van der Waals surface area contributed by atoms with Gasteiger partial charge < -0.3 is 20.2 Å². The molecule has 1 aromatic rings. The Morgan fingerprint density at radius 2 is 1.88 bits per heavy atom. The summed E-state index contributed by atoms with van der Waals surface area (Å²) in [5.74, 6) is -5.33. The number of nitrogens with zero attached hydrogens (tertiary/aromatic N) is 2. The molecule has 4 rings (SSSR count). The molecule has 0 heterocycles. The number of nitroso groups, excluding NO2 is 1. The largest absolute Gasteiger partial charge is 0.508 e. The van der Waals surface area contributed by atoms with Crippen molar-refractivity contribution in [3.8, 4) is 5.75 Å². The van der Waals surface area contributed by atoms with Crippen LogP contribution in [-0.2, 0) is 27.2 Å². The molecule has 3 atom stereocenters. The van der Waals surface area contributed by atoms with Crippen LogP contribution in [0.5, 0.6) is 5.75 Å². The number of carbonyl (C=O) groups is 3. The first-order valence-corrected chi connectivity index (χ1v) is 11.3. The molecule has 0 spiro atoms. The second-order valence-electron chi connectivity index (χ2n) is 9.69. The molecule has 0 aliphatic heterocycles. The van der Waals surface area contributed by atoms with Crippen molar-refractivity contribution in [3.63, 3.8) is 0 Å². The van der Waals surface area contributed by atoms with Crippen molar-refractivity contribution in [1.29, 1.82) is 0 Å². The van der Waals surface area contributed by atoms with E-state index >= 15 is 0 Å². The minimum atomic E-state index is -2.34. The lowest BCUT2D eigenvalue weighted by atomic mass is 9.57. The van der Waals surface area contributed by atoms with E-state index in [0.29, 0.717) is 12.8 Å². The Hall–Kier alpha value is -3.33. The first-order valence-electron chi connectivity index (χ1n) is 11.3. The minimum absolute atomic E-state index is 0.104. The molecule has 3 aliphatic rings. The third kappa shape index (κ3) is 3.37. The predicted molar refractivity (Wildman–Crippen MR) is 123 cm³/mol. The van der Waals surface area contributed by atoms with Crippen molar-refractivity contribution >= 4 is 23.1 Å². The summed E-state index contributed by atoms with van der Waals surface area (Å²) in [6.45, 7) is 1.92. The highest BCUT2D eigenvalue weighted by Crippen LogP contribution is 2.53. The fourth-order valence-corrected chi connectivity index (χ4v) is 5.77. The number of allylic oxidation sites excluding steroid dienone is 1. The Labute approximate surface area is 196 Å². The molecule has 1 fully saturated rings. The van der Waals surface area contributed by atoms with Crippen LogP contribution in [-0.4, -0.2) is 63.7 Å². The van der Waals surface area contributed by atoms with Crippen LogP contribution in [0.3, 0.4) is 0 Å². The summed E-state index contributed by atoms with van der Waals surface area (Å²) in [7, 11) is 3.95. The fraction of sp³-hybridized carbons (Fsp3) is 0.480. The number of carbonyl (C=O) groups excluding carboxylic acids is 3. The number of ketones is 3. The summed E-state index contributed by atoms with van der Waals surface area (Å²) in [4.78, 5) is 52.4. The maximum atomic E-state index is 13.7. The summed E-state index contributed by atoms with van der Waals surface area (Å²) < 4.78 is 0. The standard InChI is InChI=1S/C25H28N2O7/c1-12(28)19-18(30)11-15-9-14-10-16-13(5-4-8-27(2)3)6-7-17(29)21(16)22(31)20(14)24(33)25(15,26-34)23(19)32/h6-7,14-15,29,31-32H,4-5,8-11H2,1-3H3/t14-,15+,25-/m1/s1. The number of aromatic hydroxyl groups is 1. The van der Waals surface area contributed by atoms with Gasteiger partial charge >= 0.3 is 0 Å². The van der Waals surface area contributed by atoms with Crippen molar-refractivity contribution < 1.29 is 29.7 Å². The zero-order chi connectivity index (χ0) is 24.9. The second kappa shape index (κ2) is 8.47. The number of hydrogen-bond donors (Lipinski definition) is 3. The molecule has 0 saturated heterocycles. The molecule has 0 unspecified atom stereocenters. The zero-order valence-electron chi connectivity index (χ0n) is 19.4. The van der Waals surface area contributed by atoms with Gasteiger partial charge in [0.05, 0.1) is 5.56 Å². The molecule has 9 heteroatoms. The summed E-state index contributed by atoms with van der Waals surface area (Å²) in [5, 5.41) is 35.5. The van der Waals surface area contributed by atoms with Crippen LogP contribution in [0.1, 0.15) is 42.9 Å². The van der Waals surface area contributed by atoms with Gasteiger partial charge in [0.1, 0.15) is 22.8 Å². The molecule has 3 aliphatic carbocycles. The van der Waals surface area contributed by atoms with E-state index in [9.17, 15) is 34.6 Å². The number of aliphatic hydroxyl groups is 2. The van der Waals surface area contributed by atoms with Gasteiger partial charge in [0.15, 0.2) is 11.6 Å². The van der Waals surface area contributed by atoms with Crippen LogP contribution < -0.4 is 0 Å². The van der Waals surface area contributed by atoms with E-state index in [4.69, 9.17) is 0 Å². The second-order valence-corrected chi connectivity index (χ2v) is 9.69. The Bertz CT molecular complexity index is 1180. The quantitative estimate of drug-likeness (QED) is 0.427. The number of fused-ring (bicyclic) bond motifs is 3. The van der Waals surface area contributed by atoms with E-state index < -0.39 is 51.8 Å². The van der Waals surface area contributed by atoms with Crippen LogP contribution in [0.15, 0.2) is 34.2 Å². The number of aryl methyl sites for hydroxylation is 1. The van der Waals surface area contributed by atoms with Gasteiger partial charge in [-0.15, -0.1) is 4.91 Å². The molecule has 1 saturated carbocycles. The van der Waals surface area contributed by atoms with Gasteiger partial charge in [-0.2, -0.15) is 0 Å². The molecule has 0 radical (unpaired) electrons. The highest BCUT2D eigenvalue weighted by atomic mass is 16.3. The average molecular weight is 469 g/mol. The van der Waals surface area contributed by atoms with E-state index in [2.05, 4.69) is 10.1 Å². The van der Waals surface area contributed by atoms with Crippen molar-refractivity contribution in [2.24, 2.45) is 17.0 Å². The number of phenolic OH excluding ortho intramolecular Hbond substituents is 1. The zero-order valence-corrected chi connectivity index (χ0v) is 19.4. The van der Waals surface area contributed by atoms with Gasteiger partial charge in [0.25, 0.3) is 0 Å². The number of benzene rings is 1. The first-order chi connectivity index (χ1) is 16.0. The Morgan fingerprint density at radius 1 is 1.18 bits per heavy atom. The van der Waals surface area contributed by atoms with Crippen LogP contribution in [0.4, 0.5) is 0 Å². The van der Waals surface area contributed by atoms with E-state index in [1.165, 1.54) is 6.07 Å². The number of hydrogen-bond acceptors (Lipinski definition) is 9. The Balaban J connectivity index is 1.86. The van der Waals surface area contributed by atoms with Crippen LogP contribution >= 0.6 is 0 Å². The highest BCUT2D eigenvalue weighted by Gasteiger charge is 2.62. The van der Waals surface area contributed by atoms with Crippen molar-refractivity contribution in [2.45, 2.75) is 44.6 Å². The van der Waals surface area contributed by atoms with Gasteiger partial charge in [-0.1, -0.05) is 6.07 Å². The van der Waals surface area contributed by atoms with Crippen molar-refractivity contribution in [1.82, 2.24) is 4.90 Å². The lowest BCUT2D eigenvalue weighted by Crippen LogP contribution is -2.56. The third-order valence-electron chi connectivity index (χ3n) is 7.35. The van der Waals surface area contributed by atoms with E-state index in [1.807, 2.05) is 20.2 Å². The molecule has 0 bridgehead atoms. The minimum Gasteiger partial charge on any atom is -0.508 e. The maximum Gasteiger partial charge on any atom is 0.225 e. The Kier molecular flexibility index (Phi) is 5.93. The SMILES string of the molecule is CC(=O)C1=C(O)[C@@]2(N=O)C(=O)C3=C(O)c4c(O)ccc(CCCN(C)C)c4C[C@H]3C[C@H]2CC1=O. The lowest BCUT2D eigenvalue weighted by Gasteiger charge is -2.45. The molecule has 1 aromatic carbocycles. The molecule has 3 N–H and O–H groups in total. The first kappa shape index (κ1) is 23.8. The number of aliphatic hydroxyl groups excluding tert-OH is 2. The molecule has 180 valence electrons. The van der Waals surface area contributed by atoms with Gasteiger partial charge in [0.2, 0.25) is 11.3 Å². The summed E-state index contributed by atoms with van der Waals surface area (Å²) >= 11 is 0. The van der Waals surface area contributed by atoms with Crippen LogP contribution in [0, 0.1) is 16.7 Å². The monoisotopic (exact) mass is 468 g/mol. The normalized spacial score (nSPS) is 26.4. The summed E-state index contributed by atoms with van der Waals surface area (Å²) in [5.41, 5.74) is -1.22. The van der Waals surface area contributed by atoms with Crippen molar-refractivity contribution in [2.75, 3.05) is 20.6 Å². The van der Waals surface area contributed by atoms with Gasteiger partial charge in [-0.05, 0) is 81.5 Å².